The van der Waals surface area contributed by atoms with Gasteiger partial charge in [0.2, 0.25) is 0 Å². The maximum absolute atomic E-state index is 6.23. The van der Waals surface area contributed by atoms with E-state index in [0.717, 1.165) is 30.8 Å². The lowest BCUT2D eigenvalue weighted by Gasteiger charge is -2.37. The lowest BCUT2D eigenvalue weighted by molar-refractivity contribution is -0.0275. The SMILES string of the molecule is CC(C)C1CCC(N)C(OCC2CCCCC2)C1. The van der Waals surface area contributed by atoms with Crippen molar-refractivity contribution in [3.63, 3.8) is 0 Å². The maximum Gasteiger partial charge on any atom is 0.0728 e. The number of ether oxygens (including phenoxy) is 1. The van der Waals surface area contributed by atoms with E-state index < -0.39 is 0 Å². The van der Waals surface area contributed by atoms with Crippen molar-refractivity contribution in [3.05, 3.63) is 0 Å². The zero-order valence-electron chi connectivity index (χ0n) is 12.2. The van der Waals surface area contributed by atoms with Gasteiger partial charge >= 0.3 is 0 Å². The van der Waals surface area contributed by atoms with Crippen LogP contribution < -0.4 is 5.73 Å². The Morgan fingerprint density at radius 3 is 2.44 bits per heavy atom. The lowest BCUT2D eigenvalue weighted by atomic mass is 9.78. The van der Waals surface area contributed by atoms with Gasteiger partial charge in [0.15, 0.2) is 0 Å². The summed E-state index contributed by atoms with van der Waals surface area (Å²) in [6.07, 6.45) is 10.9. The van der Waals surface area contributed by atoms with E-state index >= 15 is 0 Å². The molecule has 106 valence electrons. The Kier molecular flexibility index (Phi) is 5.50. The Labute approximate surface area is 113 Å². The van der Waals surface area contributed by atoms with E-state index in [-0.39, 0.29) is 6.04 Å². The molecule has 3 atom stereocenters. The Hall–Kier alpha value is -0.0800. The summed E-state index contributed by atoms with van der Waals surface area (Å²) in [7, 11) is 0. The molecule has 2 N–H and O–H groups in total. The van der Waals surface area contributed by atoms with Crippen LogP contribution in [0.1, 0.15) is 65.2 Å². The maximum atomic E-state index is 6.23. The smallest absolute Gasteiger partial charge is 0.0728 e. The van der Waals surface area contributed by atoms with Crippen LogP contribution in [-0.2, 0) is 4.74 Å². The highest BCUT2D eigenvalue weighted by Crippen LogP contribution is 2.32. The fourth-order valence-electron chi connectivity index (χ4n) is 3.59. The Bertz CT molecular complexity index is 235. The highest BCUT2D eigenvalue weighted by atomic mass is 16.5. The van der Waals surface area contributed by atoms with Crippen molar-refractivity contribution in [2.75, 3.05) is 6.61 Å². The van der Waals surface area contributed by atoms with Crippen molar-refractivity contribution < 1.29 is 4.74 Å². The van der Waals surface area contributed by atoms with Gasteiger partial charge in [-0.05, 0) is 49.9 Å². The van der Waals surface area contributed by atoms with E-state index in [9.17, 15) is 0 Å². The Balaban J connectivity index is 1.75. The zero-order valence-corrected chi connectivity index (χ0v) is 12.2. The molecule has 2 saturated carbocycles. The van der Waals surface area contributed by atoms with Crippen LogP contribution >= 0.6 is 0 Å². The summed E-state index contributed by atoms with van der Waals surface area (Å²) in [6, 6.07) is 0.281. The molecule has 0 aromatic rings. The van der Waals surface area contributed by atoms with Crippen LogP contribution in [0.3, 0.4) is 0 Å². The summed E-state index contributed by atoms with van der Waals surface area (Å²) in [5, 5.41) is 0. The van der Waals surface area contributed by atoms with Crippen molar-refractivity contribution in [1.29, 1.82) is 0 Å². The van der Waals surface area contributed by atoms with E-state index in [0.29, 0.717) is 6.10 Å². The first-order chi connectivity index (χ1) is 8.66. The zero-order chi connectivity index (χ0) is 13.0. The predicted octanol–water partition coefficient (Wildman–Crippen LogP) is 3.74. The first kappa shape index (κ1) is 14.3. The molecule has 0 spiro atoms. The number of hydrogen-bond acceptors (Lipinski definition) is 2. The fraction of sp³-hybridized carbons (Fsp3) is 1.00. The number of nitrogens with two attached hydrogens (primary N) is 1. The normalized spacial score (nSPS) is 35.0. The molecular weight excluding hydrogens is 222 g/mol. The molecule has 2 heteroatoms. The van der Waals surface area contributed by atoms with E-state index in [2.05, 4.69) is 13.8 Å². The lowest BCUT2D eigenvalue weighted by Crippen LogP contribution is -2.43. The highest BCUT2D eigenvalue weighted by Gasteiger charge is 2.30. The van der Waals surface area contributed by atoms with Gasteiger partial charge in [-0.25, -0.2) is 0 Å². The number of hydrogen-bond donors (Lipinski definition) is 1. The van der Waals surface area contributed by atoms with Gasteiger partial charge in [-0.3, -0.25) is 0 Å². The summed E-state index contributed by atoms with van der Waals surface area (Å²) in [4.78, 5) is 0. The quantitative estimate of drug-likeness (QED) is 0.828. The van der Waals surface area contributed by atoms with E-state index in [4.69, 9.17) is 10.5 Å². The molecule has 0 aromatic carbocycles. The minimum atomic E-state index is 0.281. The van der Waals surface area contributed by atoms with Gasteiger partial charge in [0.05, 0.1) is 6.10 Å². The molecule has 0 saturated heterocycles. The monoisotopic (exact) mass is 253 g/mol. The summed E-state index contributed by atoms with van der Waals surface area (Å²) in [5.74, 6) is 2.41. The van der Waals surface area contributed by atoms with Gasteiger partial charge in [0.1, 0.15) is 0 Å². The molecule has 2 fully saturated rings. The first-order valence-electron chi connectivity index (χ1n) is 8.04. The molecule has 2 nitrogen and oxygen atoms in total. The minimum Gasteiger partial charge on any atom is -0.376 e. The summed E-state index contributed by atoms with van der Waals surface area (Å²) < 4.78 is 6.19. The Morgan fingerprint density at radius 1 is 1.06 bits per heavy atom. The van der Waals surface area contributed by atoms with Crippen LogP contribution in [0.5, 0.6) is 0 Å². The van der Waals surface area contributed by atoms with Crippen LogP contribution in [0.25, 0.3) is 0 Å². The standard InChI is InChI=1S/C16H31NO/c1-12(2)14-8-9-15(17)16(10-14)18-11-13-6-4-3-5-7-13/h12-16H,3-11,17H2,1-2H3. The van der Waals surface area contributed by atoms with Crippen molar-refractivity contribution in [1.82, 2.24) is 0 Å². The minimum absolute atomic E-state index is 0.281. The van der Waals surface area contributed by atoms with Gasteiger partial charge in [0.25, 0.3) is 0 Å². The topological polar surface area (TPSA) is 35.2 Å². The van der Waals surface area contributed by atoms with Gasteiger partial charge in [0, 0.05) is 12.6 Å². The predicted molar refractivity (Wildman–Crippen MR) is 76.5 cm³/mol. The van der Waals surface area contributed by atoms with E-state index in [1.54, 1.807) is 0 Å². The third kappa shape index (κ3) is 3.96. The fourth-order valence-corrected chi connectivity index (χ4v) is 3.59. The second kappa shape index (κ2) is 6.91. The third-order valence-electron chi connectivity index (χ3n) is 5.10. The molecular formula is C16H31NO. The molecule has 2 aliphatic carbocycles. The van der Waals surface area contributed by atoms with Crippen molar-refractivity contribution >= 4 is 0 Å². The van der Waals surface area contributed by atoms with Crippen LogP contribution in [-0.4, -0.2) is 18.8 Å². The molecule has 2 aliphatic rings. The molecule has 2 rings (SSSR count). The van der Waals surface area contributed by atoms with Gasteiger partial charge in [-0.1, -0.05) is 33.1 Å². The first-order valence-corrected chi connectivity index (χ1v) is 8.04. The molecule has 0 bridgehead atoms. The van der Waals surface area contributed by atoms with Crippen molar-refractivity contribution in [3.8, 4) is 0 Å². The molecule has 0 radical (unpaired) electrons. The second-order valence-corrected chi connectivity index (χ2v) is 6.86. The largest absolute Gasteiger partial charge is 0.376 e. The summed E-state index contributed by atoms with van der Waals surface area (Å²) >= 11 is 0. The van der Waals surface area contributed by atoms with Gasteiger partial charge in [-0.15, -0.1) is 0 Å². The molecule has 0 aromatic heterocycles. The third-order valence-corrected chi connectivity index (χ3v) is 5.10. The van der Waals surface area contributed by atoms with Crippen LogP contribution in [0.2, 0.25) is 0 Å². The van der Waals surface area contributed by atoms with Crippen molar-refractivity contribution in [2.45, 2.75) is 77.4 Å². The second-order valence-electron chi connectivity index (χ2n) is 6.86. The van der Waals surface area contributed by atoms with E-state index in [1.165, 1.54) is 44.9 Å². The highest BCUT2D eigenvalue weighted by molar-refractivity contribution is 4.85. The van der Waals surface area contributed by atoms with E-state index in [1.807, 2.05) is 0 Å². The average molecular weight is 253 g/mol. The molecule has 0 aliphatic heterocycles. The molecule has 18 heavy (non-hydrogen) atoms. The average Bonchev–Trinajstić information content (AvgIpc) is 2.38. The summed E-state index contributed by atoms with van der Waals surface area (Å²) in [5.41, 5.74) is 6.23. The van der Waals surface area contributed by atoms with Crippen LogP contribution in [0.4, 0.5) is 0 Å². The summed E-state index contributed by atoms with van der Waals surface area (Å²) in [6.45, 7) is 5.63. The molecule has 0 amide bonds. The van der Waals surface area contributed by atoms with Crippen molar-refractivity contribution in [2.24, 2.45) is 23.5 Å². The van der Waals surface area contributed by atoms with Gasteiger partial charge < -0.3 is 10.5 Å². The molecule has 0 heterocycles. The van der Waals surface area contributed by atoms with Gasteiger partial charge in [-0.2, -0.15) is 0 Å². The Morgan fingerprint density at radius 2 is 1.78 bits per heavy atom. The van der Waals surface area contributed by atoms with Crippen LogP contribution in [0.15, 0.2) is 0 Å². The number of rotatable bonds is 4. The van der Waals surface area contributed by atoms with Crippen LogP contribution in [0, 0.1) is 17.8 Å². The molecule has 3 unspecified atom stereocenters.